The standard InChI is InChI=1S/C10H19N3O5S/c1-3-8-7-13(6-5-9(8)11-15)19(16,17)12-10(14)18-4-2/h8,15H,3-7H2,1-2H3,(H,12,14). The van der Waals surface area contributed by atoms with Crippen LogP contribution in [-0.4, -0.2) is 49.4 Å². The number of carbonyl (C=O) groups excluding carboxylic acids is 1. The lowest BCUT2D eigenvalue weighted by molar-refractivity contribution is 0.158. The van der Waals surface area contributed by atoms with Crippen molar-refractivity contribution in [3.63, 3.8) is 0 Å². The van der Waals surface area contributed by atoms with E-state index >= 15 is 0 Å². The smallest absolute Gasteiger partial charge is 0.421 e. The van der Waals surface area contributed by atoms with E-state index in [1.54, 1.807) is 6.92 Å². The molecule has 0 spiro atoms. The van der Waals surface area contributed by atoms with Crippen LogP contribution in [-0.2, 0) is 14.9 Å². The third-order valence-electron chi connectivity index (χ3n) is 2.96. The van der Waals surface area contributed by atoms with Gasteiger partial charge in [-0.25, -0.2) is 9.52 Å². The zero-order valence-corrected chi connectivity index (χ0v) is 11.8. The van der Waals surface area contributed by atoms with Crippen molar-refractivity contribution in [2.24, 2.45) is 11.1 Å². The van der Waals surface area contributed by atoms with Crippen molar-refractivity contribution in [3.8, 4) is 0 Å². The Morgan fingerprint density at radius 2 is 2.26 bits per heavy atom. The molecule has 0 bridgehead atoms. The fourth-order valence-electron chi connectivity index (χ4n) is 1.93. The summed E-state index contributed by atoms with van der Waals surface area (Å²) in [4.78, 5) is 11.2. The highest BCUT2D eigenvalue weighted by Crippen LogP contribution is 2.19. The minimum atomic E-state index is -3.91. The molecule has 1 aliphatic heterocycles. The van der Waals surface area contributed by atoms with Crippen LogP contribution in [0.4, 0.5) is 4.79 Å². The van der Waals surface area contributed by atoms with Crippen molar-refractivity contribution < 1.29 is 23.2 Å². The zero-order chi connectivity index (χ0) is 14.5. The first-order valence-electron chi connectivity index (χ1n) is 6.10. The number of oxime groups is 1. The molecule has 1 atom stereocenters. The summed E-state index contributed by atoms with van der Waals surface area (Å²) in [6.07, 6.45) is 0.0148. The van der Waals surface area contributed by atoms with E-state index in [1.165, 1.54) is 0 Å². The van der Waals surface area contributed by atoms with Gasteiger partial charge in [-0.1, -0.05) is 12.1 Å². The highest BCUT2D eigenvalue weighted by atomic mass is 32.2. The van der Waals surface area contributed by atoms with Gasteiger partial charge < -0.3 is 9.94 Å². The van der Waals surface area contributed by atoms with Gasteiger partial charge in [-0.05, 0) is 13.3 Å². The molecule has 1 heterocycles. The quantitative estimate of drug-likeness (QED) is 0.581. The number of carbonyl (C=O) groups is 1. The van der Waals surface area contributed by atoms with Gasteiger partial charge in [0.1, 0.15) is 0 Å². The Balaban J connectivity index is 2.72. The van der Waals surface area contributed by atoms with Crippen LogP contribution in [0.2, 0.25) is 0 Å². The number of hydrogen-bond acceptors (Lipinski definition) is 6. The average molecular weight is 293 g/mol. The van der Waals surface area contributed by atoms with Crippen LogP contribution in [0.15, 0.2) is 5.16 Å². The van der Waals surface area contributed by atoms with E-state index in [4.69, 9.17) is 5.21 Å². The summed E-state index contributed by atoms with van der Waals surface area (Å²) in [7, 11) is -3.91. The predicted octanol–water partition coefficient (Wildman–Crippen LogP) is 0.539. The largest absolute Gasteiger partial charge is 0.449 e. The van der Waals surface area contributed by atoms with Gasteiger partial charge in [0, 0.05) is 25.4 Å². The maximum absolute atomic E-state index is 11.9. The number of rotatable bonds is 4. The summed E-state index contributed by atoms with van der Waals surface area (Å²) >= 11 is 0. The van der Waals surface area contributed by atoms with Gasteiger partial charge in [-0.15, -0.1) is 0 Å². The van der Waals surface area contributed by atoms with Crippen LogP contribution >= 0.6 is 0 Å². The number of nitrogens with zero attached hydrogens (tertiary/aromatic N) is 2. The first kappa shape index (κ1) is 15.7. The Hall–Kier alpha value is -1.35. The van der Waals surface area contributed by atoms with Crippen LogP contribution in [0.1, 0.15) is 26.7 Å². The summed E-state index contributed by atoms with van der Waals surface area (Å²) in [6.45, 7) is 3.92. The summed E-state index contributed by atoms with van der Waals surface area (Å²) in [5, 5.41) is 12.0. The molecular weight excluding hydrogens is 274 g/mol. The van der Waals surface area contributed by atoms with Gasteiger partial charge in [0.05, 0.1) is 12.3 Å². The SMILES string of the molecule is CCOC(=O)NS(=O)(=O)N1CCC(=NO)C(CC)C1. The molecule has 9 heteroatoms. The van der Waals surface area contributed by atoms with Gasteiger partial charge in [0.2, 0.25) is 0 Å². The second-order valence-electron chi connectivity index (χ2n) is 4.13. The van der Waals surface area contributed by atoms with E-state index in [2.05, 4.69) is 9.89 Å². The Kier molecular flexibility index (Phi) is 5.55. The molecule has 8 nitrogen and oxygen atoms in total. The van der Waals surface area contributed by atoms with Crippen LogP contribution in [0, 0.1) is 5.92 Å². The normalized spacial score (nSPS) is 23.3. The number of ether oxygens (including phenoxy) is 1. The van der Waals surface area contributed by atoms with Gasteiger partial charge in [-0.2, -0.15) is 12.7 Å². The minimum Gasteiger partial charge on any atom is -0.449 e. The Labute approximate surface area is 112 Å². The van der Waals surface area contributed by atoms with Crippen molar-refractivity contribution in [1.29, 1.82) is 0 Å². The lowest BCUT2D eigenvalue weighted by atomic mass is 9.95. The van der Waals surface area contributed by atoms with Crippen molar-refractivity contribution in [2.45, 2.75) is 26.7 Å². The van der Waals surface area contributed by atoms with E-state index in [-0.39, 0.29) is 25.6 Å². The van der Waals surface area contributed by atoms with Gasteiger partial charge in [-0.3, -0.25) is 0 Å². The topological polar surface area (TPSA) is 108 Å². The van der Waals surface area contributed by atoms with E-state index in [9.17, 15) is 13.2 Å². The van der Waals surface area contributed by atoms with Crippen LogP contribution in [0.5, 0.6) is 0 Å². The fraction of sp³-hybridized carbons (Fsp3) is 0.800. The molecular formula is C10H19N3O5S. The second kappa shape index (κ2) is 6.71. The Morgan fingerprint density at radius 3 is 2.79 bits per heavy atom. The van der Waals surface area contributed by atoms with Crippen molar-refractivity contribution in [1.82, 2.24) is 9.03 Å². The molecule has 0 aromatic heterocycles. The first-order chi connectivity index (χ1) is 8.94. The molecule has 0 aromatic carbocycles. The molecule has 1 rings (SSSR count). The van der Waals surface area contributed by atoms with Crippen LogP contribution < -0.4 is 4.72 Å². The predicted molar refractivity (Wildman–Crippen MR) is 68.3 cm³/mol. The number of piperidine rings is 1. The lowest BCUT2D eigenvalue weighted by Crippen LogP contribution is -2.50. The fourth-order valence-corrected chi connectivity index (χ4v) is 3.04. The molecule has 0 radical (unpaired) electrons. The third kappa shape index (κ3) is 4.06. The summed E-state index contributed by atoms with van der Waals surface area (Å²) in [5.41, 5.74) is 0.588. The summed E-state index contributed by atoms with van der Waals surface area (Å²) in [6, 6.07) is 0. The van der Waals surface area contributed by atoms with E-state index < -0.39 is 16.3 Å². The van der Waals surface area contributed by atoms with Gasteiger partial charge in [0.15, 0.2) is 0 Å². The van der Waals surface area contributed by atoms with Gasteiger partial charge >= 0.3 is 16.3 Å². The molecule has 0 aromatic rings. The molecule has 0 aliphatic carbocycles. The van der Waals surface area contributed by atoms with E-state index in [0.717, 1.165) is 4.31 Å². The molecule has 19 heavy (non-hydrogen) atoms. The molecule has 1 fully saturated rings. The first-order valence-corrected chi connectivity index (χ1v) is 7.54. The molecule has 1 unspecified atom stereocenters. The highest BCUT2D eigenvalue weighted by molar-refractivity contribution is 7.87. The number of amides is 1. The summed E-state index contributed by atoms with van der Waals surface area (Å²) in [5.74, 6) is -0.141. The molecule has 110 valence electrons. The van der Waals surface area contributed by atoms with Crippen LogP contribution in [0.3, 0.4) is 0 Å². The molecule has 0 saturated carbocycles. The Morgan fingerprint density at radius 1 is 1.58 bits per heavy atom. The minimum absolute atomic E-state index is 0.0975. The maximum Gasteiger partial charge on any atom is 0.421 e. The Bertz CT molecular complexity index is 448. The van der Waals surface area contributed by atoms with Crippen LogP contribution in [0.25, 0.3) is 0 Å². The molecule has 1 aliphatic rings. The van der Waals surface area contributed by atoms with Gasteiger partial charge in [0.25, 0.3) is 0 Å². The summed E-state index contributed by atoms with van der Waals surface area (Å²) < 4.78 is 31.4. The third-order valence-corrected chi connectivity index (χ3v) is 4.40. The van der Waals surface area contributed by atoms with Crippen molar-refractivity contribution in [2.75, 3.05) is 19.7 Å². The van der Waals surface area contributed by atoms with Crippen molar-refractivity contribution >= 4 is 22.0 Å². The lowest BCUT2D eigenvalue weighted by Gasteiger charge is -2.31. The average Bonchev–Trinajstić information content (AvgIpc) is 2.37. The maximum atomic E-state index is 11.9. The number of nitrogens with one attached hydrogen (secondary N) is 1. The molecule has 2 N–H and O–H groups in total. The second-order valence-corrected chi connectivity index (χ2v) is 5.80. The number of hydrogen-bond donors (Lipinski definition) is 2. The van der Waals surface area contributed by atoms with Crippen molar-refractivity contribution in [3.05, 3.63) is 0 Å². The molecule has 1 saturated heterocycles. The zero-order valence-electron chi connectivity index (χ0n) is 11.0. The highest BCUT2D eigenvalue weighted by Gasteiger charge is 2.33. The van der Waals surface area contributed by atoms with E-state index in [0.29, 0.717) is 18.6 Å². The molecule has 1 amide bonds. The monoisotopic (exact) mass is 293 g/mol. The van der Waals surface area contributed by atoms with E-state index in [1.807, 2.05) is 11.6 Å².